The fourth-order valence-electron chi connectivity index (χ4n) is 1.80. The summed E-state index contributed by atoms with van der Waals surface area (Å²) in [6, 6.07) is 7.90. The molecule has 1 aromatic carbocycles. The van der Waals surface area contributed by atoms with E-state index in [1.807, 2.05) is 18.4 Å². The minimum atomic E-state index is -2.49. The molecule has 0 aliphatic rings. The number of hydrogen-bond donors (Lipinski definition) is 1. The number of aryl methyl sites for hydroxylation is 1. The number of benzene rings is 1. The van der Waals surface area contributed by atoms with Gasteiger partial charge in [0.25, 0.3) is 11.7 Å². The molecule has 0 aliphatic heterocycles. The second-order valence-corrected chi connectivity index (χ2v) is 6.87. The van der Waals surface area contributed by atoms with E-state index in [2.05, 4.69) is 5.32 Å². The summed E-state index contributed by atoms with van der Waals surface area (Å²) >= 11 is 1.92. The molecule has 0 aliphatic carbocycles. The van der Waals surface area contributed by atoms with Gasteiger partial charge < -0.3 is 10.1 Å². The van der Waals surface area contributed by atoms with Gasteiger partial charge in [0.05, 0.1) is 0 Å². The van der Waals surface area contributed by atoms with Crippen LogP contribution in [0.3, 0.4) is 0 Å². The van der Waals surface area contributed by atoms with Crippen molar-refractivity contribution in [1.82, 2.24) is 0 Å². The Kier molecular flexibility index (Phi) is 7.15. The van der Waals surface area contributed by atoms with Gasteiger partial charge in [0.1, 0.15) is 0 Å². The van der Waals surface area contributed by atoms with E-state index in [4.69, 9.17) is 4.74 Å². The molecule has 25 heavy (non-hydrogen) atoms. The zero-order chi connectivity index (χ0) is 18.2. The fourth-order valence-corrected chi connectivity index (χ4v) is 3.12. The van der Waals surface area contributed by atoms with Crippen LogP contribution in [0.15, 0.2) is 46.7 Å². The molecule has 8 heteroatoms. The fraction of sp³-hybridized carbons (Fsp3) is 0.176. The average Bonchev–Trinajstić information content (AvgIpc) is 2.97. The standard InChI is InChI=1S/C17H15F2NO3S2/c1-11-8-9-24-14(11)6-7-16(22)23-10-15(21)20-12-2-4-13(5-3-12)25-17(18)19/h2-9,17H,10H2,1H3,(H,20,21)/b7-6+. The molecule has 2 rings (SSSR count). The van der Waals surface area contributed by atoms with Gasteiger partial charge >= 0.3 is 5.97 Å². The van der Waals surface area contributed by atoms with Gasteiger partial charge in [-0.15, -0.1) is 11.3 Å². The first kappa shape index (κ1) is 19.1. The van der Waals surface area contributed by atoms with Crippen LogP contribution in [0.5, 0.6) is 0 Å². The van der Waals surface area contributed by atoms with E-state index >= 15 is 0 Å². The van der Waals surface area contributed by atoms with E-state index in [9.17, 15) is 18.4 Å². The van der Waals surface area contributed by atoms with Crippen molar-refractivity contribution in [2.24, 2.45) is 0 Å². The maximum atomic E-state index is 12.2. The van der Waals surface area contributed by atoms with Gasteiger partial charge in [-0.2, -0.15) is 8.78 Å². The van der Waals surface area contributed by atoms with Crippen molar-refractivity contribution in [2.45, 2.75) is 17.6 Å². The summed E-state index contributed by atoms with van der Waals surface area (Å²) < 4.78 is 29.3. The van der Waals surface area contributed by atoms with Crippen molar-refractivity contribution >= 4 is 46.7 Å². The lowest BCUT2D eigenvalue weighted by Crippen LogP contribution is -2.20. The summed E-state index contributed by atoms with van der Waals surface area (Å²) in [5.41, 5.74) is 1.49. The predicted octanol–water partition coefficient (Wildman–Crippen LogP) is 4.57. The average molecular weight is 383 g/mol. The Morgan fingerprint density at radius 1 is 1.28 bits per heavy atom. The van der Waals surface area contributed by atoms with E-state index in [0.29, 0.717) is 22.3 Å². The number of amides is 1. The molecule has 0 atom stereocenters. The van der Waals surface area contributed by atoms with E-state index < -0.39 is 24.2 Å². The molecular weight excluding hydrogens is 368 g/mol. The zero-order valence-corrected chi connectivity index (χ0v) is 14.8. The number of nitrogens with one attached hydrogen (secondary N) is 1. The Balaban J connectivity index is 1.77. The second kappa shape index (κ2) is 9.33. The molecule has 0 radical (unpaired) electrons. The molecule has 0 fully saturated rings. The Hall–Kier alpha value is -2.19. The number of hydrogen-bond acceptors (Lipinski definition) is 5. The normalized spacial score (nSPS) is 11.0. The molecule has 0 unspecified atom stereocenters. The van der Waals surface area contributed by atoms with E-state index in [0.717, 1.165) is 10.4 Å². The summed E-state index contributed by atoms with van der Waals surface area (Å²) in [5.74, 6) is -3.62. The van der Waals surface area contributed by atoms with Crippen LogP contribution in [0.25, 0.3) is 6.08 Å². The van der Waals surface area contributed by atoms with Crippen molar-refractivity contribution < 1.29 is 23.1 Å². The van der Waals surface area contributed by atoms with E-state index in [1.54, 1.807) is 6.08 Å². The molecule has 0 spiro atoms. The summed E-state index contributed by atoms with van der Waals surface area (Å²) in [6.07, 6.45) is 2.90. The third kappa shape index (κ3) is 6.67. The Morgan fingerprint density at radius 3 is 2.60 bits per heavy atom. The van der Waals surface area contributed by atoms with Gasteiger partial charge in [0.15, 0.2) is 6.61 Å². The van der Waals surface area contributed by atoms with Gasteiger partial charge in [-0.25, -0.2) is 4.79 Å². The molecule has 0 saturated heterocycles. The number of thioether (sulfide) groups is 1. The molecule has 0 saturated carbocycles. The maximum Gasteiger partial charge on any atom is 0.331 e. The molecule has 4 nitrogen and oxygen atoms in total. The molecule has 1 aromatic heterocycles. The molecular formula is C17H15F2NO3S2. The van der Waals surface area contributed by atoms with Crippen LogP contribution in [0.1, 0.15) is 10.4 Å². The lowest BCUT2D eigenvalue weighted by Gasteiger charge is -2.06. The van der Waals surface area contributed by atoms with Crippen LogP contribution >= 0.6 is 23.1 Å². The highest BCUT2D eigenvalue weighted by Crippen LogP contribution is 2.26. The largest absolute Gasteiger partial charge is 0.452 e. The Labute approximate surface area is 151 Å². The van der Waals surface area contributed by atoms with Crippen LogP contribution in [-0.4, -0.2) is 24.2 Å². The van der Waals surface area contributed by atoms with Gasteiger partial charge in [-0.1, -0.05) is 11.8 Å². The lowest BCUT2D eigenvalue weighted by molar-refractivity contribution is -0.142. The molecule has 1 amide bonds. The van der Waals surface area contributed by atoms with Gasteiger partial charge in [-0.3, -0.25) is 4.79 Å². The third-order valence-corrected chi connectivity index (χ3v) is 4.69. The number of rotatable bonds is 7. The molecule has 1 heterocycles. The third-order valence-electron chi connectivity index (χ3n) is 2.98. The smallest absolute Gasteiger partial charge is 0.331 e. The van der Waals surface area contributed by atoms with Crippen molar-refractivity contribution in [1.29, 1.82) is 0 Å². The zero-order valence-electron chi connectivity index (χ0n) is 13.2. The van der Waals surface area contributed by atoms with E-state index in [-0.39, 0.29) is 0 Å². The number of anilines is 1. The Morgan fingerprint density at radius 2 is 2.00 bits per heavy atom. The van der Waals surface area contributed by atoms with Gasteiger partial charge in [-0.05, 0) is 54.3 Å². The number of ether oxygens (including phenoxy) is 1. The van der Waals surface area contributed by atoms with Crippen LogP contribution in [0.4, 0.5) is 14.5 Å². The van der Waals surface area contributed by atoms with E-state index in [1.165, 1.54) is 41.7 Å². The quantitative estimate of drug-likeness (QED) is 0.432. The summed E-state index contributed by atoms with van der Waals surface area (Å²) in [5, 5.41) is 4.44. The van der Waals surface area contributed by atoms with Gasteiger partial charge in [0.2, 0.25) is 0 Å². The summed E-state index contributed by atoms with van der Waals surface area (Å²) in [4.78, 5) is 24.7. The van der Waals surface area contributed by atoms with Crippen LogP contribution in [0, 0.1) is 6.92 Å². The van der Waals surface area contributed by atoms with Crippen molar-refractivity contribution in [3.63, 3.8) is 0 Å². The number of alkyl halides is 2. The minimum absolute atomic E-state index is 0.397. The molecule has 132 valence electrons. The number of thiophene rings is 1. The SMILES string of the molecule is Cc1ccsc1/C=C/C(=O)OCC(=O)Nc1ccc(SC(F)F)cc1. The summed E-state index contributed by atoms with van der Waals surface area (Å²) in [7, 11) is 0. The highest BCUT2D eigenvalue weighted by atomic mass is 32.2. The lowest BCUT2D eigenvalue weighted by atomic mass is 10.3. The first-order chi connectivity index (χ1) is 11.9. The maximum absolute atomic E-state index is 12.2. The first-order valence-corrected chi connectivity index (χ1v) is 8.93. The molecule has 2 aromatic rings. The van der Waals surface area contributed by atoms with Crippen molar-refractivity contribution in [3.8, 4) is 0 Å². The van der Waals surface area contributed by atoms with Crippen LogP contribution in [0.2, 0.25) is 0 Å². The monoisotopic (exact) mass is 383 g/mol. The van der Waals surface area contributed by atoms with Gasteiger partial charge in [0, 0.05) is 21.5 Å². The highest BCUT2D eigenvalue weighted by molar-refractivity contribution is 7.99. The molecule has 1 N–H and O–H groups in total. The van der Waals surface area contributed by atoms with Crippen molar-refractivity contribution in [2.75, 3.05) is 11.9 Å². The molecule has 0 bridgehead atoms. The van der Waals surface area contributed by atoms with Crippen LogP contribution in [-0.2, 0) is 14.3 Å². The number of carbonyl (C=O) groups excluding carboxylic acids is 2. The number of halogens is 2. The topological polar surface area (TPSA) is 55.4 Å². The second-order valence-electron chi connectivity index (χ2n) is 4.86. The van der Waals surface area contributed by atoms with Crippen LogP contribution < -0.4 is 5.32 Å². The Bertz CT molecular complexity index is 758. The summed E-state index contributed by atoms with van der Waals surface area (Å²) in [6.45, 7) is 1.50. The van der Waals surface area contributed by atoms with Crippen molar-refractivity contribution in [3.05, 3.63) is 52.2 Å². The number of carbonyl (C=O) groups is 2. The minimum Gasteiger partial charge on any atom is -0.452 e. The first-order valence-electron chi connectivity index (χ1n) is 7.17. The number of esters is 1. The highest BCUT2D eigenvalue weighted by Gasteiger charge is 2.08. The predicted molar refractivity (Wildman–Crippen MR) is 96.0 cm³/mol.